The Hall–Kier alpha value is -2.82. The minimum absolute atomic E-state index is 0.0348. The molecule has 7 nitrogen and oxygen atoms in total. The summed E-state index contributed by atoms with van der Waals surface area (Å²) in [4.78, 5) is 4.01. The predicted molar refractivity (Wildman–Crippen MR) is 119 cm³/mol. The topological polar surface area (TPSA) is 102 Å². The van der Waals surface area contributed by atoms with E-state index >= 15 is 0 Å². The molecule has 32 heavy (non-hydrogen) atoms. The SMILES string of the molecule is CCOc1ccc(S(=O)(=O)C(CNS(=O)(=O)Cc2ccc(F)cc2)c2cccnc2)cc1. The molecule has 0 bridgehead atoms. The van der Waals surface area contributed by atoms with Crippen LogP contribution in [0.4, 0.5) is 4.39 Å². The molecule has 170 valence electrons. The van der Waals surface area contributed by atoms with Crippen LogP contribution in [-0.2, 0) is 25.6 Å². The normalized spacial score (nSPS) is 12.9. The lowest BCUT2D eigenvalue weighted by Crippen LogP contribution is -2.32. The highest BCUT2D eigenvalue weighted by atomic mass is 32.2. The molecule has 0 amide bonds. The zero-order valence-electron chi connectivity index (χ0n) is 17.3. The number of benzene rings is 2. The standard InChI is InChI=1S/C22H23FN2O5S2/c1-2-30-20-9-11-21(12-10-20)32(28,29)22(18-4-3-13-24-14-18)15-25-31(26,27)16-17-5-7-19(23)8-6-17/h3-14,22,25H,2,15-16H2,1H3. The number of sulfone groups is 1. The van der Waals surface area contributed by atoms with Gasteiger partial charge >= 0.3 is 0 Å². The molecule has 1 unspecified atom stereocenters. The van der Waals surface area contributed by atoms with Crippen LogP contribution in [0.1, 0.15) is 23.3 Å². The summed E-state index contributed by atoms with van der Waals surface area (Å²) in [5.74, 6) is -0.350. The van der Waals surface area contributed by atoms with E-state index in [9.17, 15) is 21.2 Å². The van der Waals surface area contributed by atoms with E-state index < -0.39 is 36.7 Å². The van der Waals surface area contributed by atoms with Crippen LogP contribution in [0.15, 0.2) is 78.0 Å². The summed E-state index contributed by atoms with van der Waals surface area (Å²) in [6.45, 7) is 1.88. The molecule has 0 fully saturated rings. The van der Waals surface area contributed by atoms with Gasteiger partial charge in [0, 0.05) is 18.9 Å². The third-order valence-electron chi connectivity index (χ3n) is 4.65. The van der Waals surface area contributed by atoms with Gasteiger partial charge < -0.3 is 4.74 Å². The van der Waals surface area contributed by atoms with Crippen molar-refractivity contribution in [1.29, 1.82) is 0 Å². The third-order valence-corrected chi connectivity index (χ3v) is 8.09. The van der Waals surface area contributed by atoms with Crippen molar-refractivity contribution in [2.24, 2.45) is 0 Å². The number of sulfonamides is 1. The summed E-state index contributed by atoms with van der Waals surface area (Å²) in [6, 6.07) is 14.2. The van der Waals surface area contributed by atoms with Crippen molar-refractivity contribution in [1.82, 2.24) is 9.71 Å². The van der Waals surface area contributed by atoms with Crippen LogP contribution in [0.3, 0.4) is 0 Å². The van der Waals surface area contributed by atoms with Gasteiger partial charge in [0.2, 0.25) is 10.0 Å². The Kier molecular flexibility index (Phi) is 7.60. The number of halogens is 1. The van der Waals surface area contributed by atoms with Gasteiger partial charge in [-0.2, -0.15) is 0 Å². The highest BCUT2D eigenvalue weighted by molar-refractivity contribution is 7.92. The predicted octanol–water partition coefficient (Wildman–Crippen LogP) is 3.25. The highest BCUT2D eigenvalue weighted by Gasteiger charge is 2.31. The number of hydrogen-bond acceptors (Lipinski definition) is 6. The average molecular weight is 479 g/mol. The average Bonchev–Trinajstić information content (AvgIpc) is 2.76. The molecule has 0 saturated heterocycles. The number of hydrogen-bond donors (Lipinski definition) is 1. The first kappa shape index (κ1) is 23.8. The van der Waals surface area contributed by atoms with Gasteiger partial charge in [-0.05, 0) is 60.5 Å². The highest BCUT2D eigenvalue weighted by Crippen LogP contribution is 2.29. The van der Waals surface area contributed by atoms with Crippen LogP contribution >= 0.6 is 0 Å². The zero-order valence-corrected chi connectivity index (χ0v) is 18.9. The summed E-state index contributed by atoms with van der Waals surface area (Å²) < 4.78 is 72.7. The molecule has 3 aromatic rings. The van der Waals surface area contributed by atoms with Crippen molar-refractivity contribution in [3.63, 3.8) is 0 Å². The summed E-state index contributed by atoms with van der Waals surface area (Å²) in [5, 5.41) is -1.20. The van der Waals surface area contributed by atoms with E-state index in [1.807, 2.05) is 6.92 Å². The van der Waals surface area contributed by atoms with Crippen molar-refractivity contribution >= 4 is 19.9 Å². The van der Waals surface area contributed by atoms with Gasteiger partial charge in [0.1, 0.15) is 16.8 Å². The van der Waals surface area contributed by atoms with E-state index in [0.29, 0.717) is 23.5 Å². The molecule has 0 aliphatic heterocycles. The fraction of sp³-hybridized carbons (Fsp3) is 0.227. The van der Waals surface area contributed by atoms with Crippen LogP contribution in [0.2, 0.25) is 0 Å². The van der Waals surface area contributed by atoms with Crippen molar-refractivity contribution < 1.29 is 26.0 Å². The first-order valence-corrected chi connectivity index (χ1v) is 13.0. The van der Waals surface area contributed by atoms with Crippen molar-refractivity contribution in [2.45, 2.75) is 22.8 Å². The van der Waals surface area contributed by atoms with Gasteiger partial charge in [-0.3, -0.25) is 4.98 Å². The van der Waals surface area contributed by atoms with Gasteiger partial charge in [0.05, 0.1) is 17.3 Å². The van der Waals surface area contributed by atoms with Gasteiger partial charge in [-0.1, -0.05) is 18.2 Å². The van der Waals surface area contributed by atoms with Gasteiger partial charge in [-0.15, -0.1) is 0 Å². The Bertz CT molecular complexity index is 1230. The first-order chi connectivity index (χ1) is 15.2. The summed E-state index contributed by atoms with van der Waals surface area (Å²) in [7, 11) is -7.84. The van der Waals surface area contributed by atoms with Crippen LogP contribution < -0.4 is 9.46 Å². The summed E-state index contributed by atoms with van der Waals surface area (Å²) in [5.41, 5.74) is 0.733. The van der Waals surface area contributed by atoms with E-state index in [2.05, 4.69) is 9.71 Å². The van der Waals surface area contributed by atoms with E-state index in [4.69, 9.17) is 4.74 Å². The number of nitrogens with one attached hydrogen (secondary N) is 1. The molecule has 1 heterocycles. The van der Waals surface area contributed by atoms with E-state index in [1.165, 1.54) is 48.8 Å². The lowest BCUT2D eigenvalue weighted by molar-refractivity contribution is 0.340. The van der Waals surface area contributed by atoms with Crippen LogP contribution in [0.5, 0.6) is 5.75 Å². The van der Waals surface area contributed by atoms with E-state index in [1.54, 1.807) is 24.3 Å². The van der Waals surface area contributed by atoms with Crippen molar-refractivity contribution in [3.8, 4) is 5.75 Å². The molecule has 0 aliphatic carbocycles. The summed E-state index contributed by atoms with van der Waals surface area (Å²) in [6.07, 6.45) is 2.90. The number of ether oxygens (including phenoxy) is 1. The third kappa shape index (κ3) is 6.12. The largest absolute Gasteiger partial charge is 0.494 e. The maximum absolute atomic E-state index is 13.4. The Labute approximate surface area is 187 Å². The van der Waals surface area contributed by atoms with Crippen molar-refractivity contribution in [2.75, 3.05) is 13.2 Å². The molecular weight excluding hydrogens is 455 g/mol. The maximum atomic E-state index is 13.4. The Morgan fingerprint density at radius 2 is 1.69 bits per heavy atom. The molecule has 3 rings (SSSR count). The van der Waals surface area contributed by atoms with E-state index in [0.717, 1.165) is 0 Å². The molecule has 0 radical (unpaired) electrons. The monoisotopic (exact) mass is 478 g/mol. The molecule has 1 N–H and O–H groups in total. The molecule has 0 spiro atoms. The fourth-order valence-electron chi connectivity index (χ4n) is 3.08. The first-order valence-electron chi connectivity index (χ1n) is 9.80. The quantitative estimate of drug-likeness (QED) is 0.480. The van der Waals surface area contributed by atoms with Gasteiger partial charge in [0.25, 0.3) is 0 Å². The van der Waals surface area contributed by atoms with Gasteiger partial charge in [0.15, 0.2) is 9.84 Å². The zero-order chi connectivity index (χ0) is 23.2. The molecule has 1 aromatic heterocycles. The minimum Gasteiger partial charge on any atom is -0.494 e. The molecule has 0 saturated carbocycles. The van der Waals surface area contributed by atoms with E-state index in [-0.39, 0.29) is 11.4 Å². The lowest BCUT2D eigenvalue weighted by atomic mass is 10.2. The second kappa shape index (κ2) is 10.2. The van der Waals surface area contributed by atoms with Gasteiger partial charge in [-0.25, -0.2) is 25.9 Å². The molecule has 2 aromatic carbocycles. The van der Waals surface area contributed by atoms with Crippen molar-refractivity contribution in [3.05, 3.63) is 90.0 Å². The Morgan fingerprint density at radius 1 is 1.00 bits per heavy atom. The fourth-order valence-corrected chi connectivity index (χ4v) is 5.99. The molecule has 0 aliphatic rings. The van der Waals surface area contributed by atoms with Crippen LogP contribution in [-0.4, -0.2) is 35.0 Å². The number of aromatic nitrogens is 1. The molecular formula is C22H23FN2O5S2. The Morgan fingerprint density at radius 3 is 2.28 bits per heavy atom. The molecule has 10 heteroatoms. The number of pyridine rings is 1. The van der Waals surface area contributed by atoms with Crippen LogP contribution in [0.25, 0.3) is 0 Å². The number of rotatable bonds is 10. The molecule has 1 atom stereocenters. The van der Waals surface area contributed by atoms with Crippen LogP contribution in [0, 0.1) is 5.82 Å². The summed E-state index contributed by atoms with van der Waals surface area (Å²) >= 11 is 0. The maximum Gasteiger partial charge on any atom is 0.215 e. The smallest absolute Gasteiger partial charge is 0.215 e. The Balaban J connectivity index is 1.85. The second-order valence-corrected chi connectivity index (χ2v) is 10.9. The number of nitrogens with zero attached hydrogens (tertiary/aromatic N) is 1. The second-order valence-electron chi connectivity index (χ2n) is 6.96. The minimum atomic E-state index is -3.96. The lowest BCUT2D eigenvalue weighted by Gasteiger charge is -2.19.